The van der Waals surface area contributed by atoms with E-state index < -0.39 is 39.1 Å². The highest BCUT2D eigenvalue weighted by Gasteiger charge is 2.34. The Labute approximate surface area is 157 Å². The summed E-state index contributed by atoms with van der Waals surface area (Å²) in [5.74, 6) is 0.151. The van der Waals surface area contributed by atoms with Crippen LogP contribution in [0.5, 0.6) is 0 Å². The Bertz CT molecular complexity index is 1180. The maximum Gasteiger partial charge on any atom is 0.417 e. The monoisotopic (exact) mass is 412 g/mol. The van der Waals surface area contributed by atoms with Gasteiger partial charge in [0.15, 0.2) is 5.43 Å². The summed E-state index contributed by atoms with van der Waals surface area (Å²) < 4.78 is 64.9. The van der Waals surface area contributed by atoms with Gasteiger partial charge < -0.3 is 10.3 Å². The number of H-pyrrole nitrogens is 1. The van der Waals surface area contributed by atoms with Crippen LogP contribution in [0, 0.1) is 0 Å². The van der Waals surface area contributed by atoms with Crippen LogP contribution in [0.1, 0.15) is 11.3 Å². The van der Waals surface area contributed by atoms with Gasteiger partial charge in [0.1, 0.15) is 11.5 Å². The fraction of sp³-hybridized carbons (Fsp3) is 0.176. The Morgan fingerprint density at radius 2 is 1.82 bits per heavy atom. The second-order valence-electron chi connectivity index (χ2n) is 6.01. The van der Waals surface area contributed by atoms with Gasteiger partial charge in [-0.15, -0.1) is 0 Å². The van der Waals surface area contributed by atoms with Gasteiger partial charge in [-0.3, -0.25) is 4.79 Å². The van der Waals surface area contributed by atoms with Crippen molar-refractivity contribution in [1.82, 2.24) is 14.7 Å². The van der Waals surface area contributed by atoms with E-state index in [9.17, 15) is 26.4 Å². The fourth-order valence-corrected chi connectivity index (χ4v) is 2.98. The van der Waals surface area contributed by atoms with Gasteiger partial charge in [-0.05, 0) is 18.2 Å². The van der Waals surface area contributed by atoms with Gasteiger partial charge in [0.2, 0.25) is 10.0 Å². The number of fused-ring (bicyclic) bond motifs is 1. The highest BCUT2D eigenvalue weighted by atomic mass is 32.2. The van der Waals surface area contributed by atoms with Gasteiger partial charge in [0.05, 0.1) is 29.4 Å². The SMILES string of the molecule is CS(=O)(=O)NCc1cc(C(F)(F)F)c2c(=O)cc(Nc3ccccc3)[nH]c2n1. The lowest BCUT2D eigenvalue weighted by molar-refractivity contribution is -0.136. The van der Waals surface area contributed by atoms with Gasteiger partial charge in [0, 0.05) is 11.8 Å². The number of hydrogen-bond donors (Lipinski definition) is 3. The average Bonchev–Trinajstić information content (AvgIpc) is 2.58. The predicted octanol–water partition coefficient (Wildman–Crippen LogP) is 2.73. The van der Waals surface area contributed by atoms with E-state index in [2.05, 4.69) is 20.0 Å². The van der Waals surface area contributed by atoms with Gasteiger partial charge in [-0.2, -0.15) is 13.2 Å². The summed E-state index contributed by atoms with van der Waals surface area (Å²) in [6.07, 6.45) is -3.94. The molecule has 2 heterocycles. The zero-order valence-electron chi connectivity index (χ0n) is 14.5. The molecular formula is C17H15F3N4O3S. The Hall–Kier alpha value is -2.92. The van der Waals surface area contributed by atoms with Crippen LogP contribution in [-0.2, 0) is 22.7 Å². The number of benzene rings is 1. The molecule has 0 saturated carbocycles. The minimum absolute atomic E-state index is 0.151. The van der Waals surface area contributed by atoms with Crippen molar-refractivity contribution >= 4 is 32.6 Å². The molecule has 148 valence electrons. The second kappa shape index (κ2) is 7.24. The van der Waals surface area contributed by atoms with Crippen molar-refractivity contribution in [2.45, 2.75) is 12.7 Å². The number of nitrogens with one attached hydrogen (secondary N) is 3. The van der Waals surface area contributed by atoms with E-state index in [1.165, 1.54) is 0 Å². The van der Waals surface area contributed by atoms with E-state index in [1.54, 1.807) is 30.3 Å². The summed E-state index contributed by atoms with van der Waals surface area (Å²) in [7, 11) is -3.64. The zero-order valence-corrected chi connectivity index (χ0v) is 15.3. The van der Waals surface area contributed by atoms with Crippen molar-refractivity contribution in [3.63, 3.8) is 0 Å². The van der Waals surface area contributed by atoms with E-state index in [0.29, 0.717) is 11.8 Å². The number of hydrogen-bond acceptors (Lipinski definition) is 5. The van der Waals surface area contributed by atoms with E-state index in [1.807, 2.05) is 0 Å². The van der Waals surface area contributed by atoms with Crippen LogP contribution in [0.15, 0.2) is 47.3 Å². The molecule has 0 fully saturated rings. The van der Waals surface area contributed by atoms with Crippen molar-refractivity contribution in [2.75, 3.05) is 11.6 Å². The molecule has 0 saturated heterocycles. The fourth-order valence-electron chi connectivity index (χ4n) is 2.57. The number of aromatic amines is 1. The number of sulfonamides is 1. The van der Waals surface area contributed by atoms with Crippen molar-refractivity contribution in [3.05, 3.63) is 63.9 Å². The van der Waals surface area contributed by atoms with E-state index in [0.717, 1.165) is 12.3 Å². The number of nitrogens with zero attached hydrogens (tertiary/aromatic N) is 1. The largest absolute Gasteiger partial charge is 0.417 e. The maximum atomic E-state index is 13.5. The quantitative estimate of drug-likeness (QED) is 0.598. The third kappa shape index (κ3) is 4.67. The van der Waals surface area contributed by atoms with Crippen LogP contribution in [0.3, 0.4) is 0 Å². The lowest BCUT2D eigenvalue weighted by atomic mass is 10.1. The summed E-state index contributed by atoms with van der Waals surface area (Å²) in [6, 6.07) is 10.4. The first-order valence-electron chi connectivity index (χ1n) is 7.94. The van der Waals surface area contributed by atoms with Crippen LogP contribution < -0.4 is 15.5 Å². The summed E-state index contributed by atoms with van der Waals surface area (Å²) >= 11 is 0. The third-order valence-corrected chi connectivity index (χ3v) is 4.39. The molecule has 0 atom stereocenters. The Morgan fingerprint density at radius 3 is 2.43 bits per heavy atom. The molecular weight excluding hydrogens is 397 g/mol. The summed E-state index contributed by atoms with van der Waals surface area (Å²) in [5, 5.41) is 2.27. The van der Waals surface area contributed by atoms with Gasteiger partial charge in [-0.25, -0.2) is 18.1 Å². The highest BCUT2D eigenvalue weighted by molar-refractivity contribution is 7.88. The Kier molecular flexibility index (Phi) is 5.13. The molecule has 0 unspecified atom stereocenters. The van der Waals surface area contributed by atoms with Crippen molar-refractivity contribution in [1.29, 1.82) is 0 Å². The number of pyridine rings is 2. The molecule has 3 N–H and O–H groups in total. The number of aromatic nitrogens is 2. The summed E-state index contributed by atoms with van der Waals surface area (Å²) in [6.45, 7) is -0.448. The summed E-state index contributed by atoms with van der Waals surface area (Å²) in [5.41, 5.74) is -1.92. The van der Waals surface area contributed by atoms with E-state index in [4.69, 9.17) is 0 Å². The summed E-state index contributed by atoms with van der Waals surface area (Å²) in [4.78, 5) is 19.0. The smallest absolute Gasteiger partial charge is 0.342 e. The molecule has 0 aliphatic heterocycles. The maximum absolute atomic E-state index is 13.5. The van der Waals surface area contributed by atoms with Crippen molar-refractivity contribution < 1.29 is 21.6 Å². The molecule has 0 aliphatic carbocycles. The lowest BCUT2D eigenvalue weighted by Crippen LogP contribution is -2.23. The molecule has 11 heteroatoms. The topological polar surface area (TPSA) is 104 Å². The molecule has 0 amide bonds. The highest BCUT2D eigenvalue weighted by Crippen LogP contribution is 2.33. The van der Waals surface area contributed by atoms with E-state index >= 15 is 0 Å². The molecule has 7 nitrogen and oxygen atoms in total. The molecule has 3 rings (SSSR count). The first-order valence-corrected chi connectivity index (χ1v) is 9.83. The van der Waals surface area contributed by atoms with Crippen LogP contribution in [0.25, 0.3) is 11.0 Å². The van der Waals surface area contributed by atoms with E-state index in [-0.39, 0.29) is 17.2 Å². The number of para-hydroxylation sites is 1. The number of halogens is 3. The number of alkyl halides is 3. The first-order chi connectivity index (χ1) is 13.0. The number of rotatable bonds is 5. The molecule has 0 spiro atoms. The third-order valence-electron chi connectivity index (χ3n) is 3.72. The standard InChI is InChI=1S/C17H15F3N4O3S/c1-28(26,27)21-9-11-7-12(17(18,19)20)15-13(25)8-14(24-16(15)23-11)22-10-5-3-2-4-6-10/h2-8,21H,9H2,1H3,(H2,22,23,24,25). The van der Waals surface area contributed by atoms with Gasteiger partial charge in [0.25, 0.3) is 0 Å². The van der Waals surface area contributed by atoms with Crippen molar-refractivity contribution in [3.8, 4) is 0 Å². The van der Waals surface area contributed by atoms with Crippen LogP contribution in [0.4, 0.5) is 24.7 Å². The Balaban J connectivity index is 2.13. The average molecular weight is 412 g/mol. The molecule has 0 aliphatic rings. The molecule has 28 heavy (non-hydrogen) atoms. The molecule has 1 aromatic carbocycles. The van der Waals surface area contributed by atoms with Crippen LogP contribution in [0.2, 0.25) is 0 Å². The minimum atomic E-state index is -4.82. The van der Waals surface area contributed by atoms with Crippen LogP contribution >= 0.6 is 0 Å². The zero-order chi connectivity index (χ0) is 20.5. The minimum Gasteiger partial charge on any atom is -0.342 e. The molecule has 2 aromatic heterocycles. The molecule has 0 radical (unpaired) electrons. The predicted molar refractivity (Wildman–Crippen MR) is 98.8 cm³/mol. The van der Waals surface area contributed by atoms with Gasteiger partial charge >= 0.3 is 6.18 Å². The van der Waals surface area contributed by atoms with Crippen LogP contribution in [-0.4, -0.2) is 24.6 Å². The first kappa shape index (κ1) is 19.8. The van der Waals surface area contributed by atoms with Gasteiger partial charge in [-0.1, -0.05) is 18.2 Å². The molecule has 3 aromatic rings. The Morgan fingerprint density at radius 1 is 1.14 bits per heavy atom. The second-order valence-corrected chi connectivity index (χ2v) is 7.85. The molecule has 0 bridgehead atoms. The van der Waals surface area contributed by atoms with Crippen molar-refractivity contribution in [2.24, 2.45) is 0 Å². The normalized spacial score (nSPS) is 12.3. The lowest BCUT2D eigenvalue weighted by Gasteiger charge is -2.14. The number of anilines is 2.